The summed E-state index contributed by atoms with van der Waals surface area (Å²) in [5.41, 5.74) is 1.69. The average molecular weight is 414 g/mol. The highest BCUT2D eigenvalue weighted by Gasteiger charge is 2.29. The lowest BCUT2D eigenvalue weighted by molar-refractivity contribution is -0.145. The summed E-state index contributed by atoms with van der Waals surface area (Å²) < 4.78 is 24.2. The number of hydrogen-bond donors (Lipinski definition) is 3. The topological polar surface area (TPSA) is 114 Å². The molecule has 0 heterocycles. The minimum absolute atomic E-state index is 0.0903. The Balaban J connectivity index is 3.20. The molecule has 0 aliphatic heterocycles. The maximum atomic E-state index is 13.3. The number of ether oxygens (including phenoxy) is 1. The van der Waals surface area contributed by atoms with Crippen LogP contribution in [0, 0.1) is 0 Å². The maximum absolute atomic E-state index is 13.3. The number of esters is 1. The van der Waals surface area contributed by atoms with Crippen LogP contribution in [0.3, 0.4) is 0 Å². The summed E-state index contributed by atoms with van der Waals surface area (Å²) in [6.45, 7) is 10.3. The average Bonchev–Trinajstić information content (AvgIpc) is 2.57. The summed E-state index contributed by atoms with van der Waals surface area (Å²) in [6.07, 6.45) is -0.323. The van der Waals surface area contributed by atoms with Crippen LogP contribution in [-0.4, -0.2) is 36.2 Å². The quantitative estimate of drug-likeness (QED) is 0.371. The molecular formula is C19H31N2O6P. The third kappa shape index (κ3) is 7.62. The van der Waals surface area contributed by atoms with E-state index in [4.69, 9.17) is 14.4 Å². The lowest BCUT2D eigenvalue weighted by Gasteiger charge is -2.25. The molecule has 0 bridgehead atoms. The standard InChI is InChI=1S/C19H31N2O6P/c1-12(2)15-8-7-9-16(13(3)4)19(15)27-28(25,20-10-17(22)23)21-11-18(24)26-14(5)6/h7-9,12-14H,10-11H2,1-6H3,(H,22,23)(H2,20,21,25). The molecule has 0 spiro atoms. The zero-order valence-electron chi connectivity index (χ0n) is 17.3. The van der Waals surface area contributed by atoms with Gasteiger partial charge in [-0.2, -0.15) is 0 Å². The zero-order chi connectivity index (χ0) is 21.5. The van der Waals surface area contributed by atoms with Crippen molar-refractivity contribution in [2.45, 2.75) is 59.5 Å². The summed E-state index contributed by atoms with van der Waals surface area (Å²) in [7, 11) is -3.91. The Morgan fingerprint density at radius 1 is 1.00 bits per heavy atom. The first-order valence-electron chi connectivity index (χ1n) is 9.29. The Morgan fingerprint density at radius 2 is 1.50 bits per heavy atom. The van der Waals surface area contributed by atoms with Crippen LogP contribution in [0.2, 0.25) is 0 Å². The second-order valence-electron chi connectivity index (χ2n) is 7.32. The smallest absolute Gasteiger partial charge is 0.391 e. The van der Waals surface area contributed by atoms with Gasteiger partial charge >= 0.3 is 19.6 Å². The molecule has 1 rings (SSSR count). The first kappa shape index (κ1) is 24.1. The molecule has 1 atom stereocenters. The number of para-hydroxylation sites is 1. The molecule has 0 saturated heterocycles. The van der Waals surface area contributed by atoms with Crippen molar-refractivity contribution >= 4 is 19.6 Å². The zero-order valence-corrected chi connectivity index (χ0v) is 18.2. The van der Waals surface area contributed by atoms with E-state index in [0.717, 1.165) is 11.1 Å². The number of benzene rings is 1. The van der Waals surface area contributed by atoms with Gasteiger partial charge < -0.3 is 14.4 Å². The first-order valence-corrected chi connectivity index (χ1v) is 10.9. The van der Waals surface area contributed by atoms with E-state index in [1.165, 1.54) is 0 Å². The van der Waals surface area contributed by atoms with E-state index in [9.17, 15) is 14.2 Å². The van der Waals surface area contributed by atoms with E-state index in [2.05, 4.69) is 10.2 Å². The highest BCUT2D eigenvalue weighted by Crippen LogP contribution is 2.45. The van der Waals surface area contributed by atoms with E-state index in [-0.39, 0.29) is 24.5 Å². The van der Waals surface area contributed by atoms with Crippen molar-refractivity contribution in [2.24, 2.45) is 0 Å². The summed E-state index contributed by atoms with van der Waals surface area (Å²) in [5.74, 6) is -1.20. The highest BCUT2D eigenvalue weighted by molar-refractivity contribution is 7.55. The van der Waals surface area contributed by atoms with Crippen LogP contribution in [0.25, 0.3) is 0 Å². The fourth-order valence-electron chi connectivity index (χ4n) is 2.48. The van der Waals surface area contributed by atoms with Crippen LogP contribution in [0.1, 0.15) is 64.5 Å². The first-order chi connectivity index (χ1) is 12.9. The van der Waals surface area contributed by atoms with Crippen LogP contribution in [0.4, 0.5) is 0 Å². The van der Waals surface area contributed by atoms with Gasteiger partial charge in [-0.05, 0) is 36.8 Å². The summed E-state index contributed by atoms with van der Waals surface area (Å²) in [4.78, 5) is 22.8. The maximum Gasteiger partial charge on any atom is 0.391 e. The van der Waals surface area contributed by atoms with Crippen LogP contribution in [0.15, 0.2) is 18.2 Å². The highest BCUT2D eigenvalue weighted by atomic mass is 31.2. The van der Waals surface area contributed by atoms with Crippen molar-refractivity contribution < 1.29 is 28.5 Å². The molecule has 0 saturated carbocycles. The number of carbonyl (C=O) groups is 2. The Morgan fingerprint density at radius 3 is 1.93 bits per heavy atom. The van der Waals surface area contributed by atoms with Gasteiger partial charge in [-0.1, -0.05) is 45.9 Å². The molecule has 28 heavy (non-hydrogen) atoms. The predicted molar refractivity (Wildman–Crippen MR) is 108 cm³/mol. The molecule has 1 aromatic rings. The van der Waals surface area contributed by atoms with Crippen LogP contribution in [-0.2, 0) is 18.9 Å². The number of nitrogens with one attached hydrogen (secondary N) is 2. The molecule has 1 unspecified atom stereocenters. The van der Waals surface area contributed by atoms with Gasteiger partial charge in [0, 0.05) is 0 Å². The number of carboxylic acid groups (broad SMARTS) is 1. The second-order valence-corrected chi connectivity index (χ2v) is 9.24. The Hall–Kier alpha value is -1.89. The minimum Gasteiger partial charge on any atom is -0.480 e. The van der Waals surface area contributed by atoms with Gasteiger partial charge in [-0.15, -0.1) is 0 Å². The third-order valence-electron chi connectivity index (χ3n) is 3.78. The van der Waals surface area contributed by atoms with Crippen LogP contribution < -0.4 is 14.7 Å². The summed E-state index contributed by atoms with van der Waals surface area (Å²) in [6, 6.07) is 5.65. The summed E-state index contributed by atoms with van der Waals surface area (Å²) >= 11 is 0. The van der Waals surface area contributed by atoms with Crippen molar-refractivity contribution in [3.63, 3.8) is 0 Å². The SMILES string of the molecule is CC(C)OC(=O)CNP(=O)(NCC(=O)O)Oc1c(C(C)C)cccc1C(C)C. The van der Waals surface area contributed by atoms with E-state index in [1.807, 2.05) is 45.9 Å². The van der Waals surface area contributed by atoms with Crippen LogP contribution >= 0.6 is 7.67 Å². The molecule has 158 valence electrons. The molecule has 0 aliphatic carbocycles. The van der Waals surface area contributed by atoms with Gasteiger partial charge in [0.1, 0.15) is 18.8 Å². The largest absolute Gasteiger partial charge is 0.480 e. The molecule has 8 nitrogen and oxygen atoms in total. The van der Waals surface area contributed by atoms with Gasteiger partial charge in [0.15, 0.2) is 0 Å². The number of rotatable bonds is 11. The van der Waals surface area contributed by atoms with Crippen LogP contribution in [0.5, 0.6) is 5.75 Å². The molecule has 0 fully saturated rings. The number of aliphatic carboxylic acids is 1. The monoisotopic (exact) mass is 414 g/mol. The third-order valence-corrected chi connectivity index (χ3v) is 5.37. The van der Waals surface area contributed by atoms with Crippen molar-refractivity contribution in [2.75, 3.05) is 13.1 Å². The van der Waals surface area contributed by atoms with Crippen molar-refractivity contribution in [1.82, 2.24) is 10.2 Å². The normalized spacial score (nSPS) is 13.6. The van der Waals surface area contributed by atoms with Gasteiger partial charge in [0.2, 0.25) is 0 Å². The molecule has 9 heteroatoms. The molecule has 3 N–H and O–H groups in total. The number of carboxylic acids is 1. The van der Waals surface area contributed by atoms with Gasteiger partial charge in [0.25, 0.3) is 0 Å². The van der Waals surface area contributed by atoms with Crippen molar-refractivity contribution in [3.05, 3.63) is 29.3 Å². The summed E-state index contributed by atoms with van der Waals surface area (Å²) in [5, 5.41) is 13.9. The van der Waals surface area contributed by atoms with Crippen molar-refractivity contribution in [1.29, 1.82) is 0 Å². The number of carbonyl (C=O) groups excluding carboxylic acids is 1. The van der Waals surface area contributed by atoms with E-state index in [1.54, 1.807) is 13.8 Å². The molecule has 1 aromatic carbocycles. The van der Waals surface area contributed by atoms with Gasteiger partial charge in [-0.25, -0.2) is 14.7 Å². The predicted octanol–water partition coefficient (Wildman–Crippen LogP) is 3.64. The molecule has 0 aromatic heterocycles. The number of hydrogen-bond acceptors (Lipinski definition) is 5. The Bertz CT molecular complexity index is 707. The fourth-order valence-corrected chi connectivity index (χ4v) is 3.87. The van der Waals surface area contributed by atoms with E-state index in [0.29, 0.717) is 5.75 Å². The lowest BCUT2D eigenvalue weighted by atomic mass is 9.94. The minimum atomic E-state index is -3.91. The second kappa shape index (κ2) is 10.6. The Labute approximate surface area is 166 Å². The molecular weight excluding hydrogens is 383 g/mol. The fraction of sp³-hybridized carbons (Fsp3) is 0.579. The Kier molecular flexibility index (Phi) is 9.14. The van der Waals surface area contributed by atoms with Gasteiger partial charge in [0.05, 0.1) is 6.10 Å². The lowest BCUT2D eigenvalue weighted by Crippen LogP contribution is -2.34. The van der Waals surface area contributed by atoms with E-state index >= 15 is 0 Å². The van der Waals surface area contributed by atoms with Crippen molar-refractivity contribution in [3.8, 4) is 5.75 Å². The molecule has 0 aliphatic rings. The van der Waals surface area contributed by atoms with E-state index < -0.39 is 26.2 Å². The molecule has 0 amide bonds. The van der Waals surface area contributed by atoms with Gasteiger partial charge in [-0.3, -0.25) is 9.59 Å². The molecule has 0 radical (unpaired) electrons.